The standard InChI is InChI=1S/C16H14N4O3S/c1-9-4-3-5-11(6-9)20-13(22)7-12(21)14(19-20)15(23)18-16-17-8-10(2)24-16/h3-8,21H,1-2H3,(H,17,18,23). The highest BCUT2D eigenvalue weighted by atomic mass is 32.1. The van der Waals surface area contributed by atoms with Crippen molar-refractivity contribution in [3.63, 3.8) is 0 Å². The number of aromatic hydroxyl groups is 1. The maximum atomic E-state index is 12.3. The monoisotopic (exact) mass is 342 g/mol. The Kier molecular flexibility index (Phi) is 4.13. The van der Waals surface area contributed by atoms with Gasteiger partial charge in [-0.1, -0.05) is 12.1 Å². The summed E-state index contributed by atoms with van der Waals surface area (Å²) >= 11 is 1.30. The van der Waals surface area contributed by atoms with Crippen molar-refractivity contribution in [1.29, 1.82) is 0 Å². The van der Waals surface area contributed by atoms with Crippen molar-refractivity contribution in [2.24, 2.45) is 0 Å². The summed E-state index contributed by atoms with van der Waals surface area (Å²) in [7, 11) is 0. The Labute approximate surface area is 141 Å². The molecule has 1 amide bonds. The third-order valence-corrected chi connectivity index (χ3v) is 4.04. The van der Waals surface area contributed by atoms with Crippen molar-refractivity contribution in [3.8, 4) is 11.4 Å². The molecule has 0 fully saturated rings. The van der Waals surface area contributed by atoms with Gasteiger partial charge in [-0.15, -0.1) is 11.3 Å². The lowest BCUT2D eigenvalue weighted by Gasteiger charge is -2.09. The van der Waals surface area contributed by atoms with Crippen LogP contribution in [0.3, 0.4) is 0 Å². The lowest BCUT2D eigenvalue weighted by molar-refractivity contribution is 0.101. The summed E-state index contributed by atoms with van der Waals surface area (Å²) in [6.07, 6.45) is 1.63. The predicted molar refractivity (Wildman–Crippen MR) is 91.0 cm³/mol. The molecule has 0 unspecified atom stereocenters. The first-order valence-corrected chi connectivity index (χ1v) is 7.90. The van der Waals surface area contributed by atoms with E-state index >= 15 is 0 Å². The first-order chi connectivity index (χ1) is 11.4. The number of benzene rings is 1. The fourth-order valence-corrected chi connectivity index (χ4v) is 2.78. The van der Waals surface area contributed by atoms with Crippen molar-refractivity contribution in [2.75, 3.05) is 5.32 Å². The molecule has 0 saturated carbocycles. The van der Waals surface area contributed by atoms with Gasteiger partial charge in [0.1, 0.15) is 0 Å². The zero-order valence-electron chi connectivity index (χ0n) is 13.0. The highest BCUT2D eigenvalue weighted by Crippen LogP contribution is 2.19. The average molecular weight is 342 g/mol. The van der Waals surface area contributed by atoms with Crippen LogP contribution >= 0.6 is 11.3 Å². The molecule has 122 valence electrons. The number of rotatable bonds is 3. The van der Waals surface area contributed by atoms with Gasteiger partial charge in [-0.25, -0.2) is 4.98 Å². The molecule has 2 heterocycles. The SMILES string of the molecule is Cc1cccc(-n2nc(C(=O)Nc3ncc(C)s3)c(O)cc2=O)c1. The number of thiazole rings is 1. The van der Waals surface area contributed by atoms with Crippen molar-refractivity contribution < 1.29 is 9.90 Å². The van der Waals surface area contributed by atoms with E-state index in [1.165, 1.54) is 11.3 Å². The molecule has 0 aliphatic carbocycles. The number of aromatic nitrogens is 3. The van der Waals surface area contributed by atoms with Crippen LogP contribution in [0.25, 0.3) is 5.69 Å². The number of anilines is 1. The zero-order chi connectivity index (χ0) is 17.3. The van der Waals surface area contributed by atoms with Gasteiger partial charge >= 0.3 is 0 Å². The van der Waals surface area contributed by atoms with Crippen LogP contribution in [0, 0.1) is 13.8 Å². The molecule has 0 spiro atoms. The van der Waals surface area contributed by atoms with Gasteiger partial charge in [0.2, 0.25) is 0 Å². The van der Waals surface area contributed by atoms with Crippen LogP contribution in [0.2, 0.25) is 0 Å². The van der Waals surface area contributed by atoms with E-state index in [-0.39, 0.29) is 5.69 Å². The first-order valence-electron chi connectivity index (χ1n) is 7.08. The third kappa shape index (κ3) is 3.18. The van der Waals surface area contributed by atoms with Gasteiger partial charge in [-0.05, 0) is 31.5 Å². The van der Waals surface area contributed by atoms with Crippen LogP contribution < -0.4 is 10.9 Å². The van der Waals surface area contributed by atoms with Crippen LogP contribution in [0.15, 0.2) is 41.3 Å². The van der Waals surface area contributed by atoms with Gasteiger partial charge < -0.3 is 5.11 Å². The maximum Gasteiger partial charge on any atom is 0.281 e. The predicted octanol–water partition coefficient (Wildman–Crippen LogP) is 2.26. The second-order valence-electron chi connectivity index (χ2n) is 5.20. The van der Waals surface area contributed by atoms with Gasteiger partial charge in [0.05, 0.1) is 5.69 Å². The molecular weight excluding hydrogens is 328 g/mol. The minimum atomic E-state index is -0.636. The second kappa shape index (κ2) is 6.25. The average Bonchev–Trinajstić information content (AvgIpc) is 2.92. The summed E-state index contributed by atoms with van der Waals surface area (Å²) in [6.45, 7) is 3.74. The number of amides is 1. The maximum absolute atomic E-state index is 12.3. The van der Waals surface area contributed by atoms with Crippen LogP contribution in [0.1, 0.15) is 20.9 Å². The molecule has 1 aromatic carbocycles. The summed E-state index contributed by atoms with van der Waals surface area (Å²) in [5, 5.41) is 16.9. The topological polar surface area (TPSA) is 97.1 Å². The number of nitrogens with one attached hydrogen (secondary N) is 1. The summed E-state index contributed by atoms with van der Waals surface area (Å²) < 4.78 is 1.08. The van der Waals surface area contributed by atoms with Gasteiger partial charge in [0.15, 0.2) is 16.6 Å². The third-order valence-electron chi connectivity index (χ3n) is 3.21. The Bertz CT molecular complexity index is 977. The van der Waals surface area contributed by atoms with Crippen molar-refractivity contribution in [1.82, 2.24) is 14.8 Å². The number of carbonyl (C=O) groups excluding carboxylic acids is 1. The van der Waals surface area contributed by atoms with Crippen LogP contribution in [0.5, 0.6) is 5.75 Å². The Morgan fingerprint density at radius 1 is 1.29 bits per heavy atom. The van der Waals surface area contributed by atoms with E-state index in [1.807, 2.05) is 19.9 Å². The van der Waals surface area contributed by atoms with E-state index in [4.69, 9.17) is 0 Å². The zero-order valence-corrected chi connectivity index (χ0v) is 13.8. The molecule has 8 heteroatoms. The number of aryl methyl sites for hydroxylation is 2. The van der Waals surface area contributed by atoms with Gasteiger partial charge in [-0.3, -0.25) is 14.9 Å². The Hall–Kier alpha value is -3.00. The molecule has 0 aliphatic rings. The van der Waals surface area contributed by atoms with Crippen LogP contribution in [-0.2, 0) is 0 Å². The second-order valence-corrected chi connectivity index (χ2v) is 6.43. The first kappa shape index (κ1) is 15.9. The van der Waals surface area contributed by atoms with Gasteiger partial charge in [-0.2, -0.15) is 9.78 Å². The molecule has 0 saturated heterocycles. The lowest BCUT2D eigenvalue weighted by Crippen LogP contribution is -2.25. The fraction of sp³-hybridized carbons (Fsp3) is 0.125. The van der Waals surface area contributed by atoms with E-state index in [9.17, 15) is 14.7 Å². The van der Waals surface area contributed by atoms with Crippen molar-refractivity contribution in [2.45, 2.75) is 13.8 Å². The highest BCUT2D eigenvalue weighted by Gasteiger charge is 2.18. The minimum absolute atomic E-state index is 0.246. The van der Waals surface area contributed by atoms with Crippen molar-refractivity contribution >= 4 is 22.4 Å². The van der Waals surface area contributed by atoms with Gasteiger partial charge in [0, 0.05) is 17.1 Å². The van der Waals surface area contributed by atoms with Crippen LogP contribution in [-0.4, -0.2) is 25.8 Å². The van der Waals surface area contributed by atoms with E-state index in [0.717, 1.165) is 21.2 Å². The molecule has 24 heavy (non-hydrogen) atoms. The normalized spacial score (nSPS) is 10.6. The minimum Gasteiger partial charge on any atom is -0.505 e. The molecule has 0 atom stereocenters. The number of hydrogen-bond donors (Lipinski definition) is 2. The molecule has 7 nitrogen and oxygen atoms in total. The molecule has 0 radical (unpaired) electrons. The van der Waals surface area contributed by atoms with Gasteiger partial charge in [0.25, 0.3) is 11.5 Å². The molecular formula is C16H14N4O3S. The largest absolute Gasteiger partial charge is 0.505 e. The molecule has 0 bridgehead atoms. The number of hydrogen-bond acceptors (Lipinski definition) is 6. The fourth-order valence-electron chi connectivity index (χ4n) is 2.12. The molecule has 2 N–H and O–H groups in total. The smallest absolute Gasteiger partial charge is 0.281 e. The number of carbonyl (C=O) groups is 1. The van der Waals surface area contributed by atoms with Crippen molar-refractivity contribution in [3.05, 3.63) is 63.0 Å². The Morgan fingerprint density at radius 2 is 2.08 bits per heavy atom. The number of nitrogens with zero attached hydrogens (tertiary/aromatic N) is 3. The Balaban J connectivity index is 2.01. The van der Waals surface area contributed by atoms with E-state index in [1.54, 1.807) is 24.4 Å². The Morgan fingerprint density at radius 3 is 2.75 bits per heavy atom. The summed E-state index contributed by atoms with van der Waals surface area (Å²) in [5.74, 6) is -1.11. The van der Waals surface area contributed by atoms with E-state index in [2.05, 4.69) is 15.4 Å². The molecule has 0 aliphatic heterocycles. The lowest BCUT2D eigenvalue weighted by atomic mass is 10.2. The quantitative estimate of drug-likeness (QED) is 0.761. The summed E-state index contributed by atoms with van der Waals surface area (Å²) in [6, 6.07) is 8.09. The summed E-state index contributed by atoms with van der Waals surface area (Å²) in [4.78, 5) is 29.4. The molecule has 3 aromatic rings. The molecule has 2 aromatic heterocycles. The highest BCUT2D eigenvalue weighted by molar-refractivity contribution is 7.15. The molecule has 3 rings (SSSR count). The summed E-state index contributed by atoms with van der Waals surface area (Å²) in [5.41, 5.74) is 0.682. The van der Waals surface area contributed by atoms with Crippen LogP contribution in [0.4, 0.5) is 5.13 Å². The van der Waals surface area contributed by atoms with E-state index in [0.29, 0.717) is 10.8 Å². The van der Waals surface area contributed by atoms with E-state index < -0.39 is 17.2 Å².